The molecule has 0 saturated carbocycles. The fraction of sp³-hybridized carbons (Fsp3) is 0.500. The van der Waals surface area contributed by atoms with Gasteiger partial charge in [0.2, 0.25) is 0 Å². The molecule has 0 saturated heterocycles. The zero-order valence-corrected chi connectivity index (χ0v) is 5.31. The molecule has 0 bridgehead atoms. The molecule has 54 valence electrons. The lowest BCUT2D eigenvalue weighted by atomic mass is 10.0. The molecule has 0 heterocycles. The molecule has 1 rings (SSSR count). The summed E-state index contributed by atoms with van der Waals surface area (Å²) < 4.78 is 0. The van der Waals surface area contributed by atoms with Crippen molar-refractivity contribution in [2.75, 3.05) is 0 Å². The van der Waals surface area contributed by atoms with Gasteiger partial charge in [-0.3, -0.25) is 0 Å². The van der Waals surface area contributed by atoms with Gasteiger partial charge in [-0.2, -0.15) is 4.79 Å². The largest absolute Gasteiger partial charge is 0.381 e. The fourth-order valence-electron chi connectivity index (χ4n) is 0.879. The summed E-state index contributed by atoms with van der Waals surface area (Å²) in [5.74, 6) is 0. The lowest BCUT2D eigenvalue weighted by molar-refractivity contribution is -0.0349. The molecular formula is C6H8N2O2. The summed E-state index contributed by atoms with van der Waals surface area (Å²) in [4.78, 5) is 2.77. The van der Waals surface area contributed by atoms with Gasteiger partial charge in [0, 0.05) is 6.42 Å². The summed E-state index contributed by atoms with van der Waals surface area (Å²) in [6.45, 7) is 0. The van der Waals surface area contributed by atoms with E-state index < -0.39 is 12.2 Å². The molecule has 2 N–H and O–H groups in total. The molecular weight excluding hydrogens is 132 g/mol. The third-order valence-corrected chi connectivity index (χ3v) is 1.44. The van der Waals surface area contributed by atoms with E-state index >= 15 is 0 Å². The third kappa shape index (κ3) is 1.14. The molecule has 0 radical (unpaired) electrons. The summed E-state index contributed by atoms with van der Waals surface area (Å²) in [5.41, 5.74) is 8.28. The van der Waals surface area contributed by atoms with Crippen molar-refractivity contribution in [3.8, 4) is 0 Å². The molecule has 2 atom stereocenters. The Balaban J connectivity index is 2.88. The van der Waals surface area contributed by atoms with Crippen molar-refractivity contribution in [3.63, 3.8) is 0 Å². The molecule has 0 amide bonds. The van der Waals surface area contributed by atoms with Gasteiger partial charge >= 0.3 is 5.71 Å². The Morgan fingerprint density at radius 1 is 1.60 bits per heavy atom. The first kappa shape index (κ1) is 7.15. The van der Waals surface area contributed by atoms with Crippen molar-refractivity contribution in [2.24, 2.45) is 0 Å². The maximum Gasteiger partial charge on any atom is 0.329 e. The zero-order chi connectivity index (χ0) is 7.56. The van der Waals surface area contributed by atoms with Crippen molar-refractivity contribution < 1.29 is 15.0 Å². The quantitative estimate of drug-likeness (QED) is 0.266. The Labute approximate surface area is 58.0 Å². The highest BCUT2D eigenvalue weighted by Crippen LogP contribution is 2.06. The van der Waals surface area contributed by atoms with Crippen LogP contribution in [0.1, 0.15) is 6.42 Å². The molecule has 4 heteroatoms. The van der Waals surface area contributed by atoms with Gasteiger partial charge in [-0.25, -0.2) is 0 Å². The Kier molecular flexibility index (Phi) is 1.97. The minimum absolute atomic E-state index is 0.0162. The van der Waals surface area contributed by atoms with Crippen LogP contribution in [0.2, 0.25) is 0 Å². The van der Waals surface area contributed by atoms with E-state index in [1.807, 2.05) is 0 Å². The topological polar surface area (TPSA) is 76.9 Å². The van der Waals surface area contributed by atoms with Gasteiger partial charge in [0.05, 0.1) is 0 Å². The van der Waals surface area contributed by atoms with Crippen LogP contribution in [0.25, 0.3) is 5.53 Å². The van der Waals surface area contributed by atoms with Crippen molar-refractivity contribution in [2.45, 2.75) is 18.6 Å². The minimum atomic E-state index is -0.936. The first-order valence-corrected chi connectivity index (χ1v) is 3.00. The average molecular weight is 140 g/mol. The molecule has 0 aliphatic heterocycles. The number of hydrogen-bond acceptors (Lipinski definition) is 2. The number of hydrogen-bond donors (Lipinski definition) is 2. The zero-order valence-electron chi connectivity index (χ0n) is 5.31. The molecule has 1 aliphatic carbocycles. The van der Waals surface area contributed by atoms with Crippen LogP contribution in [0.3, 0.4) is 0 Å². The van der Waals surface area contributed by atoms with Crippen LogP contribution in [0, 0.1) is 0 Å². The van der Waals surface area contributed by atoms with Gasteiger partial charge in [-0.05, 0) is 6.08 Å². The summed E-state index contributed by atoms with van der Waals surface area (Å²) in [7, 11) is 0. The van der Waals surface area contributed by atoms with E-state index in [4.69, 9.17) is 15.7 Å². The van der Waals surface area contributed by atoms with Gasteiger partial charge in [0.15, 0.2) is 12.2 Å². The Bertz CT molecular complexity index is 206. The number of nitrogens with zero attached hydrogens (tertiary/aromatic N) is 2. The van der Waals surface area contributed by atoms with E-state index in [1.54, 1.807) is 6.08 Å². The van der Waals surface area contributed by atoms with Crippen LogP contribution < -0.4 is 0 Å². The second-order valence-corrected chi connectivity index (χ2v) is 2.15. The van der Waals surface area contributed by atoms with Gasteiger partial charge in [0.25, 0.3) is 0 Å². The molecule has 1 aliphatic rings. The lowest BCUT2D eigenvalue weighted by Gasteiger charge is -2.10. The predicted molar refractivity (Wildman–Crippen MR) is 34.4 cm³/mol. The average Bonchev–Trinajstić information content (AvgIpc) is 1.88. The molecule has 0 aromatic heterocycles. The molecule has 0 aromatic carbocycles. The summed E-state index contributed by atoms with van der Waals surface area (Å²) in [6, 6.07) is 0. The fourth-order valence-corrected chi connectivity index (χ4v) is 0.879. The lowest BCUT2D eigenvalue weighted by Crippen LogP contribution is -2.34. The van der Waals surface area contributed by atoms with E-state index in [0.717, 1.165) is 0 Å². The van der Waals surface area contributed by atoms with Crippen LogP contribution in [0.5, 0.6) is 0 Å². The number of aliphatic hydroxyl groups is 2. The summed E-state index contributed by atoms with van der Waals surface area (Å²) in [6.07, 6.45) is 1.74. The number of aliphatic hydroxyl groups excluding tert-OH is 2. The molecule has 0 aromatic rings. The van der Waals surface area contributed by atoms with Crippen molar-refractivity contribution >= 4 is 5.71 Å². The van der Waals surface area contributed by atoms with E-state index in [9.17, 15) is 0 Å². The Hall–Kier alpha value is -0.960. The monoisotopic (exact) mass is 140 g/mol. The standard InChI is InChI=1S/C6H8N2O2/c7-8-6-4(9)2-1-3-5(6)10/h1-2,4-5,9-10H,3H2. The Morgan fingerprint density at radius 2 is 2.30 bits per heavy atom. The van der Waals surface area contributed by atoms with Crippen molar-refractivity contribution in [1.29, 1.82) is 0 Å². The maximum atomic E-state index is 9.04. The smallest absolute Gasteiger partial charge is 0.329 e. The molecule has 10 heavy (non-hydrogen) atoms. The third-order valence-electron chi connectivity index (χ3n) is 1.44. The molecule has 0 spiro atoms. The normalized spacial score (nSPS) is 32.0. The van der Waals surface area contributed by atoms with Gasteiger partial charge in [-0.1, -0.05) is 6.08 Å². The second kappa shape index (κ2) is 2.75. The highest BCUT2D eigenvalue weighted by atomic mass is 16.3. The summed E-state index contributed by atoms with van der Waals surface area (Å²) in [5, 5.41) is 18.0. The molecule has 2 unspecified atom stereocenters. The van der Waals surface area contributed by atoms with Gasteiger partial charge in [-0.15, -0.1) is 0 Å². The molecule has 0 fully saturated rings. The molecule has 4 nitrogen and oxygen atoms in total. The van der Waals surface area contributed by atoms with Gasteiger partial charge in [0.1, 0.15) is 0 Å². The van der Waals surface area contributed by atoms with Gasteiger partial charge < -0.3 is 15.7 Å². The van der Waals surface area contributed by atoms with Crippen molar-refractivity contribution in [1.82, 2.24) is 0 Å². The first-order chi connectivity index (χ1) is 4.75. The van der Waals surface area contributed by atoms with Crippen LogP contribution >= 0.6 is 0 Å². The van der Waals surface area contributed by atoms with E-state index in [0.29, 0.717) is 6.42 Å². The first-order valence-electron chi connectivity index (χ1n) is 3.00. The Morgan fingerprint density at radius 3 is 2.70 bits per heavy atom. The van der Waals surface area contributed by atoms with Crippen LogP contribution in [-0.4, -0.2) is 32.9 Å². The summed E-state index contributed by atoms with van der Waals surface area (Å²) >= 11 is 0. The van der Waals surface area contributed by atoms with Crippen LogP contribution in [0.15, 0.2) is 12.2 Å². The maximum absolute atomic E-state index is 9.04. The highest BCUT2D eigenvalue weighted by Gasteiger charge is 2.29. The van der Waals surface area contributed by atoms with E-state index in [1.165, 1.54) is 6.08 Å². The van der Waals surface area contributed by atoms with Crippen LogP contribution in [-0.2, 0) is 0 Å². The van der Waals surface area contributed by atoms with Crippen molar-refractivity contribution in [3.05, 3.63) is 17.7 Å². The SMILES string of the molecule is [N-]=[N+]=C1C(O)C=CCC1O. The van der Waals surface area contributed by atoms with Crippen LogP contribution in [0.4, 0.5) is 0 Å². The highest BCUT2D eigenvalue weighted by molar-refractivity contribution is 5.90. The second-order valence-electron chi connectivity index (χ2n) is 2.15. The minimum Gasteiger partial charge on any atom is -0.381 e. The predicted octanol–water partition coefficient (Wildman–Crippen LogP) is -0.661. The van der Waals surface area contributed by atoms with E-state index in [2.05, 4.69) is 4.79 Å². The number of rotatable bonds is 0. The van der Waals surface area contributed by atoms with E-state index in [-0.39, 0.29) is 5.71 Å².